The normalized spacial score (nSPS) is 28.3. The molecule has 3 N–H and O–H groups in total. The van der Waals surface area contributed by atoms with E-state index < -0.39 is 84.1 Å². The minimum Gasteiger partial charge on any atom is -0.481 e. The highest BCUT2D eigenvalue weighted by Gasteiger charge is 2.42. The molecule has 0 saturated carbocycles. The van der Waals surface area contributed by atoms with Crippen LogP contribution in [-0.4, -0.2) is 119 Å². The summed E-state index contributed by atoms with van der Waals surface area (Å²) < 4.78 is 5.35. The smallest absolute Gasteiger partial charge is 0.307 e. The summed E-state index contributed by atoms with van der Waals surface area (Å²) in [6, 6.07) is -3.78. The average Bonchev–Trinajstić information content (AvgIpc) is 3.49. The van der Waals surface area contributed by atoms with Gasteiger partial charge in [-0.2, -0.15) is 0 Å². The van der Waals surface area contributed by atoms with Crippen LogP contribution in [0.25, 0.3) is 0 Å². The van der Waals surface area contributed by atoms with Crippen molar-refractivity contribution in [3.63, 3.8) is 0 Å². The quantitative estimate of drug-likeness (QED) is 0.352. The molecule has 14 nitrogen and oxygen atoms in total. The van der Waals surface area contributed by atoms with E-state index in [1.807, 2.05) is 13.8 Å². The first kappa shape index (κ1) is 37.5. The zero-order valence-corrected chi connectivity index (χ0v) is 27.8. The van der Waals surface area contributed by atoms with Crippen LogP contribution in [0.1, 0.15) is 73.6 Å². The number of hydrogen-bond acceptors (Lipinski definition) is 8. The number of amides is 5. The highest BCUT2D eigenvalue weighted by Crippen LogP contribution is 2.25. The van der Waals surface area contributed by atoms with Gasteiger partial charge in [0.25, 0.3) is 0 Å². The summed E-state index contributed by atoms with van der Waals surface area (Å²) in [5.41, 5.74) is 0. The molecule has 2 fully saturated rings. The number of aliphatic carboxylic acids is 1. The van der Waals surface area contributed by atoms with Gasteiger partial charge in [0.15, 0.2) is 0 Å². The zero-order valence-electron chi connectivity index (χ0n) is 27.8. The number of fused-ring (bicyclic) bond motifs is 1. The average molecular weight is 638 g/mol. The number of carboxylic acid groups (broad SMARTS) is 1. The molecule has 2 saturated heterocycles. The highest BCUT2D eigenvalue weighted by atomic mass is 16.5. The molecule has 7 atom stereocenters. The first-order valence-corrected chi connectivity index (χ1v) is 15.8. The van der Waals surface area contributed by atoms with E-state index in [4.69, 9.17) is 4.74 Å². The second-order valence-corrected chi connectivity index (χ2v) is 12.7. The minimum absolute atomic E-state index is 0.0921. The molecule has 0 aromatic rings. The fourth-order valence-corrected chi connectivity index (χ4v) is 5.77. The van der Waals surface area contributed by atoms with Crippen molar-refractivity contribution in [2.75, 3.05) is 33.8 Å². The van der Waals surface area contributed by atoms with Gasteiger partial charge in [-0.3, -0.25) is 33.6 Å². The summed E-state index contributed by atoms with van der Waals surface area (Å²) >= 11 is 0. The predicted octanol–water partition coefficient (Wildman–Crippen LogP) is 0.628. The third-order valence-corrected chi connectivity index (χ3v) is 9.06. The lowest BCUT2D eigenvalue weighted by Gasteiger charge is -2.38. The van der Waals surface area contributed by atoms with E-state index in [-0.39, 0.29) is 37.8 Å². The van der Waals surface area contributed by atoms with E-state index in [9.17, 15) is 38.7 Å². The van der Waals surface area contributed by atoms with Gasteiger partial charge in [0.1, 0.15) is 30.8 Å². The SMILES string of the molecule is CCC(C)C1NC(=O)C2CCCN2C(=O)C(CC(C)C(=O)O)COC(=O)CCNC(=O)C(C)N(C)C(=O)C(C(C)C)N(C)C1=O. The van der Waals surface area contributed by atoms with Crippen molar-refractivity contribution in [2.24, 2.45) is 23.7 Å². The topological polar surface area (TPSA) is 183 Å². The Morgan fingerprint density at radius 2 is 1.62 bits per heavy atom. The molecule has 14 heteroatoms. The van der Waals surface area contributed by atoms with Gasteiger partial charge in [-0.15, -0.1) is 0 Å². The van der Waals surface area contributed by atoms with E-state index >= 15 is 0 Å². The van der Waals surface area contributed by atoms with Crippen LogP contribution in [0.15, 0.2) is 0 Å². The molecule has 2 aliphatic rings. The Kier molecular flexibility index (Phi) is 13.8. The van der Waals surface area contributed by atoms with E-state index in [0.29, 0.717) is 19.3 Å². The number of hydrogen-bond donors (Lipinski definition) is 3. The van der Waals surface area contributed by atoms with Crippen LogP contribution in [0.4, 0.5) is 0 Å². The molecule has 0 spiro atoms. The lowest BCUT2D eigenvalue weighted by atomic mass is 9.94. The molecule has 7 unspecified atom stereocenters. The Hall–Kier alpha value is -3.71. The van der Waals surface area contributed by atoms with Crippen molar-refractivity contribution >= 4 is 41.5 Å². The van der Waals surface area contributed by atoms with E-state index in [0.717, 1.165) is 0 Å². The van der Waals surface area contributed by atoms with Crippen LogP contribution in [-0.2, 0) is 38.3 Å². The van der Waals surface area contributed by atoms with Gasteiger partial charge in [-0.1, -0.05) is 41.0 Å². The van der Waals surface area contributed by atoms with Crippen LogP contribution < -0.4 is 10.6 Å². The first-order valence-electron chi connectivity index (χ1n) is 15.8. The van der Waals surface area contributed by atoms with Crippen molar-refractivity contribution < 1.29 is 43.4 Å². The number of rotatable bonds is 6. The van der Waals surface area contributed by atoms with Crippen LogP contribution in [0.2, 0.25) is 0 Å². The molecular formula is C31H51N5O9. The summed E-state index contributed by atoms with van der Waals surface area (Å²) in [5, 5.41) is 15.0. The van der Waals surface area contributed by atoms with Crippen molar-refractivity contribution in [3.05, 3.63) is 0 Å². The summed E-state index contributed by atoms with van der Waals surface area (Å²) in [4.78, 5) is 96.2. The fraction of sp³-hybridized carbons (Fsp3) is 0.774. The summed E-state index contributed by atoms with van der Waals surface area (Å²) in [5.74, 6) is -6.89. The highest BCUT2D eigenvalue weighted by molar-refractivity contribution is 5.96. The number of esters is 1. The fourth-order valence-electron chi connectivity index (χ4n) is 5.77. The minimum atomic E-state index is -1.12. The molecule has 45 heavy (non-hydrogen) atoms. The van der Waals surface area contributed by atoms with Gasteiger partial charge >= 0.3 is 11.9 Å². The first-order chi connectivity index (χ1) is 21.0. The molecular weight excluding hydrogens is 586 g/mol. The Bertz CT molecular complexity index is 1130. The maximum atomic E-state index is 14.0. The predicted molar refractivity (Wildman–Crippen MR) is 163 cm³/mol. The lowest BCUT2D eigenvalue weighted by Crippen LogP contribution is -2.60. The van der Waals surface area contributed by atoms with Gasteiger partial charge < -0.3 is 35.2 Å². The summed E-state index contributed by atoms with van der Waals surface area (Å²) in [6.07, 6.45) is 1.06. The molecule has 0 aromatic heterocycles. The number of carbonyl (C=O) groups is 7. The van der Waals surface area contributed by atoms with Gasteiger partial charge in [0, 0.05) is 27.2 Å². The molecule has 2 rings (SSSR count). The maximum Gasteiger partial charge on any atom is 0.307 e. The van der Waals surface area contributed by atoms with Crippen LogP contribution in [0.5, 0.6) is 0 Å². The Morgan fingerprint density at radius 3 is 2.20 bits per heavy atom. The molecule has 0 bridgehead atoms. The number of cyclic esters (lactones) is 1. The van der Waals surface area contributed by atoms with Crippen LogP contribution >= 0.6 is 0 Å². The number of likely N-dealkylation sites (N-methyl/N-ethyl adjacent to an activating group) is 2. The van der Waals surface area contributed by atoms with Crippen molar-refractivity contribution in [3.8, 4) is 0 Å². The monoisotopic (exact) mass is 637 g/mol. The van der Waals surface area contributed by atoms with Gasteiger partial charge in [0.05, 0.1) is 18.3 Å². The van der Waals surface area contributed by atoms with Crippen LogP contribution in [0.3, 0.4) is 0 Å². The van der Waals surface area contributed by atoms with E-state index in [1.165, 1.54) is 42.6 Å². The summed E-state index contributed by atoms with van der Waals surface area (Å²) in [6.45, 7) is 10.0. The largest absolute Gasteiger partial charge is 0.481 e. The number of nitrogens with one attached hydrogen (secondary N) is 2. The molecule has 2 aliphatic heterocycles. The number of carboxylic acids is 1. The van der Waals surface area contributed by atoms with Crippen molar-refractivity contribution in [1.29, 1.82) is 0 Å². The van der Waals surface area contributed by atoms with E-state index in [1.54, 1.807) is 13.8 Å². The standard InChI is InChI=1S/C31H51N5O9/c1-9-18(4)24-29(41)35(8)25(17(2)3)30(42)34(7)20(6)26(38)32-13-12-23(37)45-16-21(15-19(5)31(43)44)28(40)36-14-10-11-22(36)27(39)33-24/h17-22,24-25H,9-16H2,1-8H3,(H,32,38)(H,33,39)(H,43,44). The van der Waals surface area contributed by atoms with Crippen LogP contribution in [0, 0.1) is 23.7 Å². The zero-order chi connectivity index (χ0) is 34.2. The molecule has 2 heterocycles. The Labute approximate surface area is 265 Å². The number of carbonyl (C=O) groups excluding carboxylic acids is 6. The number of nitrogens with zero attached hydrogens (tertiary/aromatic N) is 3. The molecule has 0 radical (unpaired) electrons. The van der Waals surface area contributed by atoms with Gasteiger partial charge in [-0.25, -0.2) is 0 Å². The second-order valence-electron chi connectivity index (χ2n) is 12.7. The molecule has 5 amide bonds. The Morgan fingerprint density at radius 1 is 0.978 bits per heavy atom. The molecule has 0 aliphatic carbocycles. The van der Waals surface area contributed by atoms with Gasteiger partial charge in [-0.05, 0) is 38.0 Å². The third kappa shape index (κ3) is 9.40. The van der Waals surface area contributed by atoms with Gasteiger partial charge in [0.2, 0.25) is 29.5 Å². The second kappa shape index (κ2) is 16.6. The Balaban J connectivity index is 2.53. The van der Waals surface area contributed by atoms with Crippen molar-refractivity contribution in [2.45, 2.75) is 97.8 Å². The third-order valence-electron chi connectivity index (χ3n) is 9.06. The van der Waals surface area contributed by atoms with E-state index in [2.05, 4.69) is 10.6 Å². The number of ether oxygens (including phenoxy) is 1. The maximum absolute atomic E-state index is 14.0. The molecule has 254 valence electrons. The lowest BCUT2D eigenvalue weighted by molar-refractivity contribution is -0.153. The summed E-state index contributed by atoms with van der Waals surface area (Å²) in [7, 11) is 2.97. The van der Waals surface area contributed by atoms with Crippen molar-refractivity contribution in [1.82, 2.24) is 25.3 Å². The molecule has 0 aromatic carbocycles.